The van der Waals surface area contributed by atoms with E-state index >= 15 is 0 Å². The molecule has 3 rings (SSSR count). The van der Waals surface area contributed by atoms with Crippen molar-refractivity contribution in [2.24, 2.45) is 10.4 Å². The normalized spacial score (nSPS) is 16.2. The van der Waals surface area contributed by atoms with Gasteiger partial charge in [0.05, 0.1) is 0 Å². The maximum atomic E-state index is 11.9. The first-order chi connectivity index (χ1) is 11.7. The van der Waals surface area contributed by atoms with E-state index in [-0.39, 0.29) is 23.4 Å². The second kappa shape index (κ2) is 8.05. The van der Waals surface area contributed by atoms with Crippen LogP contribution >= 0.6 is 24.2 Å². The van der Waals surface area contributed by atoms with Gasteiger partial charge in [-0.2, -0.15) is 0 Å². The molecule has 0 atom stereocenters. The number of fused-ring (bicyclic) bond motifs is 1. The van der Waals surface area contributed by atoms with Gasteiger partial charge in [0.1, 0.15) is 5.58 Å². The summed E-state index contributed by atoms with van der Waals surface area (Å²) in [6.07, 6.45) is 0. The predicted octanol–water partition coefficient (Wildman–Crippen LogP) is 4.87. The van der Waals surface area contributed by atoms with Gasteiger partial charge >= 0.3 is 5.63 Å². The number of thioether (sulfide) groups is 1. The minimum absolute atomic E-state index is 0. The summed E-state index contributed by atoms with van der Waals surface area (Å²) in [5, 5.41) is 5.37. The van der Waals surface area contributed by atoms with E-state index in [9.17, 15) is 4.79 Å². The largest absolute Gasteiger partial charge is 0.423 e. The summed E-state index contributed by atoms with van der Waals surface area (Å²) in [5.41, 5.74) is 4.05. The molecular formula is C20H27ClN2O2S. The standard InChI is InChI=1S/C20H26N2O2S.ClH/c1-12(2)15-8-16-14(7-18(23)24-17(16)6-13(15)3)9-25-19-21-10-20(4,5)11-22-19;/h6-8,12H,9-11H2,1-5H3,(H,21,22);1H. The molecule has 0 saturated heterocycles. The Labute approximate surface area is 165 Å². The van der Waals surface area contributed by atoms with Crippen LogP contribution in [-0.4, -0.2) is 18.3 Å². The molecule has 1 N–H and O–H groups in total. The van der Waals surface area contributed by atoms with Crippen LogP contribution in [0.5, 0.6) is 0 Å². The van der Waals surface area contributed by atoms with Gasteiger partial charge in [0.25, 0.3) is 0 Å². The molecule has 142 valence electrons. The molecule has 0 saturated carbocycles. The highest BCUT2D eigenvalue weighted by molar-refractivity contribution is 8.13. The van der Waals surface area contributed by atoms with Crippen molar-refractivity contribution in [3.8, 4) is 0 Å². The molecular weight excluding hydrogens is 368 g/mol. The number of nitrogens with one attached hydrogen (secondary N) is 1. The van der Waals surface area contributed by atoms with Gasteiger partial charge in [-0.3, -0.25) is 4.99 Å². The van der Waals surface area contributed by atoms with E-state index in [4.69, 9.17) is 4.42 Å². The smallest absolute Gasteiger partial charge is 0.336 e. The Hall–Kier alpha value is -1.46. The molecule has 0 amide bonds. The monoisotopic (exact) mass is 394 g/mol. The van der Waals surface area contributed by atoms with Crippen molar-refractivity contribution in [2.75, 3.05) is 13.1 Å². The number of hydrogen-bond acceptors (Lipinski definition) is 5. The first-order valence-electron chi connectivity index (χ1n) is 8.73. The average molecular weight is 395 g/mol. The lowest BCUT2D eigenvalue weighted by Gasteiger charge is -2.28. The molecule has 0 aliphatic carbocycles. The van der Waals surface area contributed by atoms with Gasteiger partial charge in [-0.25, -0.2) is 4.79 Å². The van der Waals surface area contributed by atoms with E-state index in [1.54, 1.807) is 17.8 Å². The fourth-order valence-corrected chi connectivity index (χ4v) is 3.95. The van der Waals surface area contributed by atoms with Gasteiger partial charge < -0.3 is 9.73 Å². The topological polar surface area (TPSA) is 54.6 Å². The SMILES string of the molecule is Cc1cc2oc(=O)cc(CSC3=NCC(C)(C)CN3)c2cc1C(C)C.Cl. The quantitative estimate of drug-likeness (QED) is 0.755. The summed E-state index contributed by atoms with van der Waals surface area (Å²) in [6.45, 7) is 12.6. The number of aliphatic imine (C=N–C) groups is 1. The van der Waals surface area contributed by atoms with E-state index in [1.165, 1.54) is 5.56 Å². The third-order valence-electron chi connectivity index (χ3n) is 4.57. The summed E-state index contributed by atoms with van der Waals surface area (Å²) in [7, 11) is 0. The third-order valence-corrected chi connectivity index (χ3v) is 5.57. The average Bonchev–Trinajstić information content (AvgIpc) is 2.52. The molecule has 2 heterocycles. The van der Waals surface area contributed by atoms with Crippen molar-refractivity contribution in [1.82, 2.24) is 5.32 Å². The summed E-state index contributed by atoms with van der Waals surface area (Å²) in [4.78, 5) is 16.6. The highest BCUT2D eigenvalue weighted by atomic mass is 35.5. The Balaban J connectivity index is 0.00000243. The van der Waals surface area contributed by atoms with E-state index in [0.717, 1.165) is 34.8 Å². The lowest BCUT2D eigenvalue weighted by atomic mass is 9.93. The Kier molecular flexibility index (Phi) is 6.46. The van der Waals surface area contributed by atoms with Gasteiger partial charge in [-0.05, 0) is 41.7 Å². The van der Waals surface area contributed by atoms with Gasteiger partial charge in [-0.1, -0.05) is 39.5 Å². The Morgan fingerprint density at radius 3 is 2.65 bits per heavy atom. The molecule has 6 heteroatoms. The number of nitrogens with zero attached hydrogens (tertiary/aromatic N) is 1. The van der Waals surface area contributed by atoms with Crippen LogP contribution in [0.25, 0.3) is 11.0 Å². The number of benzene rings is 1. The minimum Gasteiger partial charge on any atom is -0.423 e. The molecule has 0 radical (unpaired) electrons. The number of amidine groups is 1. The van der Waals surface area contributed by atoms with E-state index in [1.807, 2.05) is 6.07 Å². The molecule has 0 spiro atoms. The fourth-order valence-electron chi connectivity index (χ4n) is 3.09. The van der Waals surface area contributed by atoms with Gasteiger partial charge in [0.15, 0.2) is 5.17 Å². The molecule has 1 aromatic carbocycles. The molecule has 4 nitrogen and oxygen atoms in total. The number of rotatable bonds is 3. The third kappa shape index (κ3) is 4.63. The van der Waals surface area contributed by atoms with Gasteiger partial charge in [-0.15, -0.1) is 12.4 Å². The van der Waals surface area contributed by atoms with Crippen LogP contribution in [0, 0.1) is 12.3 Å². The van der Waals surface area contributed by atoms with Crippen LogP contribution < -0.4 is 10.9 Å². The lowest BCUT2D eigenvalue weighted by Crippen LogP contribution is -2.39. The molecule has 26 heavy (non-hydrogen) atoms. The molecule has 1 aromatic heterocycles. The summed E-state index contributed by atoms with van der Waals surface area (Å²) in [6, 6.07) is 5.77. The van der Waals surface area contributed by atoms with Crippen molar-refractivity contribution in [3.63, 3.8) is 0 Å². The van der Waals surface area contributed by atoms with Crippen molar-refractivity contribution < 1.29 is 4.42 Å². The molecule has 1 aliphatic heterocycles. The Bertz CT molecular complexity index is 887. The maximum Gasteiger partial charge on any atom is 0.336 e. The van der Waals surface area contributed by atoms with Crippen LogP contribution in [-0.2, 0) is 5.75 Å². The molecule has 1 aliphatic rings. The van der Waals surface area contributed by atoms with Crippen molar-refractivity contribution in [1.29, 1.82) is 0 Å². The van der Waals surface area contributed by atoms with Crippen LogP contribution in [0.4, 0.5) is 0 Å². The highest BCUT2D eigenvalue weighted by Crippen LogP contribution is 2.29. The van der Waals surface area contributed by atoms with Gasteiger partial charge in [0, 0.05) is 35.7 Å². The summed E-state index contributed by atoms with van der Waals surface area (Å²) >= 11 is 1.65. The maximum absolute atomic E-state index is 11.9. The Morgan fingerprint density at radius 1 is 1.31 bits per heavy atom. The van der Waals surface area contributed by atoms with E-state index in [2.05, 4.69) is 51.0 Å². The minimum atomic E-state index is -0.292. The first kappa shape index (κ1) is 20.8. The Morgan fingerprint density at radius 2 is 2.04 bits per heavy atom. The fraction of sp³-hybridized carbons (Fsp3) is 0.500. The molecule has 0 bridgehead atoms. The zero-order chi connectivity index (χ0) is 18.2. The van der Waals surface area contributed by atoms with Crippen LogP contribution in [0.2, 0.25) is 0 Å². The predicted molar refractivity (Wildman–Crippen MR) is 114 cm³/mol. The zero-order valence-electron chi connectivity index (χ0n) is 16.0. The van der Waals surface area contributed by atoms with E-state index < -0.39 is 0 Å². The summed E-state index contributed by atoms with van der Waals surface area (Å²) < 4.78 is 5.43. The van der Waals surface area contributed by atoms with Crippen molar-refractivity contribution in [2.45, 2.75) is 46.3 Å². The molecule has 2 aromatic rings. The van der Waals surface area contributed by atoms with Crippen LogP contribution in [0.15, 0.2) is 32.4 Å². The second-order valence-electron chi connectivity index (χ2n) is 7.88. The van der Waals surface area contributed by atoms with Crippen molar-refractivity contribution >= 4 is 40.3 Å². The first-order valence-corrected chi connectivity index (χ1v) is 9.72. The lowest BCUT2D eigenvalue weighted by molar-refractivity contribution is 0.364. The van der Waals surface area contributed by atoms with Crippen LogP contribution in [0.1, 0.15) is 50.3 Å². The van der Waals surface area contributed by atoms with Crippen LogP contribution in [0.3, 0.4) is 0 Å². The number of aryl methyl sites for hydroxylation is 1. The van der Waals surface area contributed by atoms with E-state index in [0.29, 0.717) is 17.3 Å². The highest BCUT2D eigenvalue weighted by Gasteiger charge is 2.22. The van der Waals surface area contributed by atoms with Crippen molar-refractivity contribution in [3.05, 3.63) is 45.3 Å². The molecule has 0 fully saturated rings. The molecule has 0 unspecified atom stereocenters. The zero-order valence-corrected chi connectivity index (χ0v) is 17.6. The summed E-state index contributed by atoms with van der Waals surface area (Å²) in [5.74, 6) is 1.14. The number of halogens is 1. The number of hydrogen-bond donors (Lipinski definition) is 1. The second-order valence-corrected chi connectivity index (χ2v) is 8.84. The van der Waals surface area contributed by atoms with Gasteiger partial charge in [0.2, 0.25) is 0 Å².